The number of guanidine groups is 1. The maximum atomic E-state index is 13.1. The molecule has 1 unspecified atom stereocenters. The van der Waals surface area contributed by atoms with Crippen LogP contribution in [0, 0.1) is 5.82 Å². The van der Waals surface area contributed by atoms with Crippen molar-refractivity contribution in [3.8, 4) is 0 Å². The number of nitrogens with zero attached hydrogens (tertiary/aromatic N) is 2. The van der Waals surface area contributed by atoms with Gasteiger partial charge in [0, 0.05) is 32.8 Å². The van der Waals surface area contributed by atoms with Gasteiger partial charge in [-0.1, -0.05) is 12.1 Å². The van der Waals surface area contributed by atoms with Crippen molar-refractivity contribution >= 4 is 12.1 Å². The third-order valence-electron chi connectivity index (χ3n) is 4.55. The van der Waals surface area contributed by atoms with E-state index < -0.39 is 0 Å². The Labute approximate surface area is 159 Å². The molecule has 1 fully saturated rings. The summed E-state index contributed by atoms with van der Waals surface area (Å²) in [4.78, 5) is 17.9. The largest absolute Gasteiger partial charge is 0.453 e. The van der Waals surface area contributed by atoms with E-state index in [1.165, 1.54) is 19.2 Å². The number of aliphatic imine (C=N–C) groups is 1. The van der Waals surface area contributed by atoms with E-state index in [0.717, 1.165) is 24.9 Å². The van der Waals surface area contributed by atoms with E-state index in [-0.39, 0.29) is 24.1 Å². The van der Waals surface area contributed by atoms with Crippen molar-refractivity contribution < 1.29 is 18.7 Å². The number of hydrogen-bond acceptors (Lipinski definition) is 4. The van der Waals surface area contributed by atoms with Crippen LogP contribution in [0.1, 0.15) is 31.4 Å². The second kappa shape index (κ2) is 10.7. The zero-order chi connectivity index (χ0) is 19.6. The highest BCUT2D eigenvalue weighted by Gasteiger charge is 2.23. The highest BCUT2D eigenvalue weighted by molar-refractivity contribution is 5.80. The molecule has 1 heterocycles. The van der Waals surface area contributed by atoms with Crippen LogP contribution in [0.2, 0.25) is 0 Å². The van der Waals surface area contributed by atoms with E-state index in [4.69, 9.17) is 9.47 Å². The number of ether oxygens (including phenoxy) is 2. The molecule has 0 aromatic heterocycles. The number of methoxy groups -OCH3 is 2. The maximum absolute atomic E-state index is 13.1. The monoisotopic (exact) mass is 380 g/mol. The third-order valence-corrected chi connectivity index (χ3v) is 4.55. The van der Waals surface area contributed by atoms with Gasteiger partial charge in [-0.25, -0.2) is 9.18 Å². The van der Waals surface area contributed by atoms with Gasteiger partial charge in [-0.15, -0.1) is 0 Å². The smallest absolute Gasteiger partial charge is 0.409 e. The van der Waals surface area contributed by atoms with E-state index in [1.54, 1.807) is 24.1 Å². The van der Waals surface area contributed by atoms with Crippen molar-refractivity contribution in [3.05, 3.63) is 35.6 Å². The summed E-state index contributed by atoms with van der Waals surface area (Å²) < 4.78 is 23.4. The summed E-state index contributed by atoms with van der Waals surface area (Å²) >= 11 is 0. The Morgan fingerprint density at radius 1 is 1.30 bits per heavy atom. The number of carbonyl (C=O) groups excluding carboxylic acids is 1. The molecule has 0 radical (unpaired) electrons. The summed E-state index contributed by atoms with van der Waals surface area (Å²) in [6.45, 7) is 4.46. The van der Waals surface area contributed by atoms with Crippen LogP contribution in [0.4, 0.5) is 9.18 Å². The van der Waals surface area contributed by atoms with Crippen LogP contribution in [0.5, 0.6) is 0 Å². The molecule has 27 heavy (non-hydrogen) atoms. The highest BCUT2D eigenvalue weighted by Crippen LogP contribution is 2.17. The predicted octanol–water partition coefficient (Wildman–Crippen LogP) is 2.30. The fourth-order valence-corrected chi connectivity index (χ4v) is 3.02. The average molecular weight is 380 g/mol. The Morgan fingerprint density at radius 2 is 1.96 bits per heavy atom. The van der Waals surface area contributed by atoms with E-state index in [0.29, 0.717) is 25.6 Å². The van der Waals surface area contributed by atoms with Crippen molar-refractivity contribution in [2.75, 3.05) is 40.4 Å². The number of amides is 1. The first-order valence-corrected chi connectivity index (χ1v) is 9.23. The lowest BCUT2D eigenvalue weighted by Gasteiger charge is -2.32. The van der Waals surface area contributed by atoms with E-state index in [1.807, 2.05) is 6.92 Å². The molecular formula is C19H29FN4O3. The molecule has 0 aliphatic carbocycles. The zero-order valence-electron chi connectivity index (χ0n) is 16.2. The molecule has 0 bridgehead atoms. The SMILES string of the molecule is CCNC(=NCC(OC)c1ccc(F)cc1)NC1CCN(C(=O)OC)CC1. The second-order valence-electron chi connectivity index (χ2n) is 6.37. The number of likely N-dealkylation sites (tertiary alicyclic amines) is 1. The highest BCUT2D eigenvalue weighted by atomic mass is 19.1. The molecule has 1 aliphatic rings. The fourth-order valence-electron chi connectivity index (χ4n) is 3.02. The third kappa shape index (κ3) is 6.39. The number of carbonyl (C=O) groups is 1. The van der Waals surface area contributed by atoms with Crippen LogP contribution in [0.25, 0.3) is 0 Å². The topological polar surface area (TPSA) is 75.2 Å². The molecule has 0 spiro atoms. The summed E-state index contributed by atoms with van der Waals surface area (Å²) in [7, 11) is 3.02. The van der Waals surface area contributed by atoms with Gasteiger partial charge in [-0.2, -0.15) is 0 Å². The first-order valence-electron chi connectivity index (χ1n) is 9.23. The number of halogens is 1. The summed E-state index contributed by atoms with van der Waals surface area (Å²) in [5.41, 5.74) is 0.880. The molecule has 2 N–H and O–H groups in total. The maximum Gasteiger partial charge on any atom is 0.409 e. The van der Waals surface area contributed by atoms with Gasteiger partial charge in [0.2, 0.25) is 0 Å². The first-order chi connectivity index (χ1) is 13.1. The Kier molecular flexibility index (Phi) is 8.32. The lowest BCUT2D eigenvalue weighted by Crippen LogP contribution is -2.49. The van der Waals surface area contributed by atoms with Gasteiger partial charge in [-0.3, -0.25) is 4.99 Å². The normalized spacial score (nSPS) is 16.7. The number of nitrogens with one attached hydrogen (secondary N) is 2. The van der Waals surface area contributed by atoms with Gasteiger partial charge in [0.15, 0.2) is 5.96 Å². The summed E-state index contributed by atoms with van der Waals surface area (Å²) in [6, 6.07) is 6.49. The average Bonchev–Trinajstić information content (AvgIpc) is 2.69. The van der Waals surface area contributed by atoms with Crippen LogP contribution in [-0.4, -0.2) is 63.4 Å². The summed E-state index contributed by atoms with van der Waals surface area (Å²) in [5.74, 6) is 0.434. The minimum Gasteiger partial charge on any atom is -0.453 e. The predicted molar refractivity (Wildman–Crippen MR) is 102 cm³/mol. The van der Waals surface area contributed by atoms with Crippen molar-refractivity contribution in [3.63, 3.8) is 0 Å². The van der Waals surface area contributed by atoms with Crippen LogP contribution in [0.15, 0.2) is 29.3 Å². The van der Waals surface area contributed by atoms with Crippen LogP contribution < -0.4 is 10.6 Å². The molecule has 8 heteroatoms. The van der Waals surface area contributed by atoms with Crippen LogP contribution in [-0.2, 0) is 9.47 Å². The molecule has 1 aromatic rings. The summed E-state index contributed by atoms with van der Waals surface area (Å²) in [5, 5.41) is 6.65. The van der Waals surface area contributed by atoms with Crippen molar-refractivity contribution in [2.45, 2.75) is 31.9 Å². The Bertz CT molecular complexity index is 616. The van der Waals surface area contributed by atoms with E-state index >= 15 is 0 Å². The zero-order valence-corrected chi connectivity index (χ0v) is 16.2. The molecule has 7 nitrogen and oxygen atoms in total. The molecule has 0 saturated carbocycles. The van der Waals surface area contributed by atoms with Gasteiger partial charge in [-0.05, 0) is 37.5 Å². The van der Waals surface area contributed by atoms with E-state index in [9.17, 15) is 9.18 Å². The molecule has 1 aliphatic heterocycles. The standard InChI is InChI=1S/C19H29FN4O3/c1-4-21-18(23-16-9-11-24(12-10-16)19(25)27-3)22-13-17(26-2)14-5-7-15(20)8-6-14/h5-8,16-17H,4,9-13H2,1-3H3,(H2,21,22,23). The Morgan fingerprint density at radius 3 is 2.52 bits per heavy atom. The van der Waals surface area contributed by atoms with Crippen LogP contribution in [0.3, 0.4) is 0 Å². The molecule has 1 amide bonds. The van der Waals surface area contributed by atoms with Crippen molar-refractivity contribution in [2.24, 2.45) is 4.99 Å². The Balaban J connectivity index is 1.93. The van der Waals surface area contributed by atoms with Gasteiger partial charge in [0.25, 0.3) is 0 Å². The summed E-state index contributed by atoms with van der Waals surface area (Å²) in [6.07, 6.45) is 1.12. The van der Waals surface area contributed by atoms with Crippen molar-refractivity contribution in [1.29, 1.82) is 0 Å². The van der Waals surface area contributed by atoms with Gasteiger partial charge in [0.1, 0.15) is 11.9 Å². The lowest BCUT2D eigenvalue weighted by atomic mass is 10.1. The number of hydrogen-bond donors (Lipinski definition) is 2. The molecule has 2 rings (SSSR count). The second-order valence-corrected chi connectivity index (χ2v) is 6.37. The molecule has 1 atom stereocenters. The number of rotatable bonds is 6. The number of piperidine rings is 1. The minimum absolute atomic E-state index is 0.232. The van der Waals surface area contributed by atoms with Gasteiger partial charge in [0.05, 0.1) is 13.7 Å². The lowest BCUT2D eigenvalue weighted by molar-refractivity contribution is 0.109. The Hall–Kier alpha value is -2.35. The van der Waals surface area contributed by atoms with Gasteiger partial charge >= 0.3 is 6.09 Å². The quantitative estimate of drug-likeness (QED) is 0.585. The van der Waals surface area contributed by atoms with E-state index in [2.05, 4.69) is 15.6 Å². The first kappa shape index (κ1) is 21.0. The molecule has 1 saturated heterocycles. The molecule has 150 valence electrons. The van der Waals surface area contributed by atoms with Crippen LogP contribution >= 0.6 is 0 Å². The minimum atomic E-state index is -0.281. The fraction of sp³-hybridized carbons (Fsp3) is 0.579. The number of benzene rings is 1. The van der Waals surface area contributed by atoms with Crippen molar-refractivity contribution in [1.82, 2.24) is 15.5 Å². The molecule has 1 aromatic carbocycles. The molecular weight excluding hydrogens is 351 g/mol. The van der Waals surface area contributed by atoms with Gasteiger partial charge < -0.3 is 25.0 Å².